The molecule has 29 heavy (non-hydrogen) atoms. The highest BCUT2D eigenvalue weighted by Gasteiger charge is 2.18. The van der Waals surface area contributed by atoms with E-state index >= 15 is 0 Å². The van der Waals surface area contributed by atoms with Gasteiger partial charge in [0.25, 0.3) is 5.91 Å². The van der Waals surface area contributed by atoms with Crippen LogP contribution in [0.1, 0.15) is 37.0 Å². The maximum atomic E-state index is 12.6. The van der Waals surface area contributed by atoms with Crippen LogP contribution in [-0.4, -0.2) is 43.2 Å². The molecule has 1 N–H and O–H groups in total. The first-order valence-corrected chi connectivity index (χ1v) is 10.6. The van der Waals surface area contributed by atoms with Crippen molar-refractivity contribution in [1.29, 1.82) is 0 Å². The van der Waals surface area contributed by atoms with Crippen LogP contribution >= 0.6 is 0 Å². The van der Waals surface area contributed by atoms with E-state index in [4.69, 9.17) is 9.47 Å². The minimum atomic E-state index is -0.487. The fourth-order valence-electron chi connectivity index (χ4n) is 3.45. The van der Waals surface area contributed by atoms with Crippen LogP contribution in [0.25, 0.3) is 0 Å². The van der Waals surface area contributed by atoms with Gasteiger partial charge in [0.05, 0.1) is 13.2 Å². The maximum Gasteiger partial charge on any atom is 0.261 e. The molecule has 156 valence electrons. The summed E-state index contributed by atoms with van der Waals surface area (Å²) in [4.78, 5) is 15.0. The smallest absolute Gasteiger partial charge is 0.261 e. The van der Waals surface area contributed by atoms with Crippen LogP contribution in [0.5, 0.6) is 5.75 Å². The molecule has 1 aliphatic rings. The summed E-state index contributed by atoms with van der Waals surface area (Å²) in [5.41, 5.74) is 3.62. The number of carbonyl (C=O) groups is 1. The number of morpholine rings is 1. The van der Waals surface area contributed by atoms with Crippen molar-refractivity contribution in [2.45, 2.75) is 45.9 Å². The lowest BCUT2D eigenvalue weighted by molar-refractivity contribution is -0.128. The third kappa shape index (κ3) is 6.58. The second-order valence-corrected chi connectivity index (χ2v) is 7.44. The molecular formula is C24H32N2O3. The molecule has 1 aliphatic heterocycles. The molecule has 5 heteroatoms. The Balaban J connectivity index is 1.52. The number of hydrogen-bond donors (Lipinski definition) is 1. The molecule has 0 aliphatic carbocycles. The van der Waals surface area contributed by atoms with Gasteiger partial charge < -0.3 is 14.8 Å². The lowest BCUT2D eigenvalue weighted by Gasteiger charge is -2.26. The quantitative estimate of drug-likeness (QED) is 0.704. The van der Waals surface area contributed by atoms with Gasteiger partial charge in [-0.05, 0) is 41.7 Å². The first-order valence-electron chi connectivity index (χ1n) is 10.6. The van der Waals surface area contributed by atoms with E-state index in [1.807, 2.05) is 37.3 Å². The predicted octanol–water partition coefficient (Wildman–Crippen LogP) is 3.56. The fraction of sp³-hybridized carbons (Fsp3) is 0.458. The van der Waals surface area contributed by atoms with Crippen LogP contribution < -0.4 is 10.1 Å². The highest BCUT2D eigenvalue weighted by Crippen LogP contribution is 2.16. The van der Waals surface area contributed by atoms with Crippen LogP contribution in [0.3, 0.4) is 0 Å². The molecule has 5 nitrogen and oxygen atoms in total. The van der Waals surface area contributed by atoms with Crippen molar-refractivity contribution in [2.75, 3.05) is 26.3 Å². The van der Waals surface area contributed by atoms with Crippen LogP contribution in [0.4, 0.5) is 0 Å². The number of nitrogens with zero attached hydrogens (tertiary/aromatic N) is 1. The molecule has 2 aromatic rings. The van der Waals surface area contributed by atoms with Crippen molar-refractivity contribution < 1.29 is 14.3 Å². The molecule has 1 fully saturated rings. The van der Waals surface area contributed by atoms with Crippen molar-refractivity contribution in [3.63, 3.8) is 0 Å². The number of carbonyl (C=O) groups excluding carboxylic acids is 1. The molecule has 0 unspecified atom stereocenters. The van der Waals surface area contributed by atoms with Crippen LogP contribution in [0, 0.1) is 0 Å². The van der Waals surface area contributed by atoms with Crippen LogP contribution in [0.2, 0.25) is 0 Å². The zero-order valence-electron chi connectivity index (χ0n) is 17.5. The number of amides is 1. The summed E-state index contributed by atoms with van der Waals surface area (Å²) >= 11 is 0. The minimum absolute atomic E-state index is 0.0781. The van der Waals surface area contributed by atoms with Crippen molar-refractivity contribution in [1.82, 2.24) is 10.2 Å². The van der Waals surface area contributed by atoms with Crippen molar-refractivity contribution >= 4 is 5.91 Å². The zero-order valence-corrected chi connectivity index (χ0v) is 17.5. The third-order valence-corrected chi connectivity index (χ3v) is 5.24. The summed E-state index contributed by atoms with van der Waals surface area (Å²) in [5, 5.41) is 3.03. The van der Waals surface area contributed by atoms with Gasteiger partial charge >= 0.3 is 0 Å². The Labute approximate surface area is 174 Å². The zero-order chi connectivity index (χ0) is 20.5. The van der Waals surface area contributed by atoms with Gasteiger partial charge in [0.2, 0.25) is 0 Å². The average Bonchev–Trinajstić information content (AvgIpc) is 2.77. The normalized spacial score (nSPS) is 15.7. The van der Waals surface area contributed by atoms with Gasteiger partial charge in [-0.2, -0.15) is 0 Å². The SMILES string of the molecule is CCc1ccc(O[C@@H](CC)C(=O)NCc2cccc(CN3CCOCC3)c2)cc1. The summed E-state index contributed by atoms with van der Waals surface area (Å²) in [6.07, 6.45) is 1.13. The van der Waals surface area contributed by atoms with E-state index in [0.29, 0.717) is 13.0 Å². The molecule has 1 amide bonds. The Morgan fingerprint density at radius 3 is 2.48 bits per heavy atom. The first kappa shape index (κ1) is 21.3. The van der Waals surface area contributed by atoms with E-state index in [-0.39, 0.29) is 5.91 Å². The van der Waals surface area contributed by atoms with Gasteiger partial charge in [-0.1, -0.05) is 50.2 Å². The summed E-state index contributed by atoms with van der Waals surface area (Å²) < 4.78 is 11.3. The number of rotatable bonds is 9. The molecule has 0 saturated carbocycles. The van der Waals surface area contributed by atoms with Crippen LogP contribution in [0.15, 0.2) is 48.5 Å². The summed E-state index contributed by atoms with van der Waals surface area (Å²) in [7, 11) is 0. The number of benzene rings is 2. The van der Waals surface area contributed by atoms with Crippen LogP contribution in [-0.2, 0) is 29.0 Å². The Hall–Kier alpha value is -2.37. The van der Waals surface area contributed by atoms with Gasteiger partial charge in [0.15, 0.2) is 6.10 Å². The van der Waals surface area contributed by atoms with E-state index in [1.54, 1.807) is 0 Å². The van der Waals surface area contributed by atoms with E-state index < -0.39 is 6.10 Å². The van der Waals surface area contributed by atoms with Gasteiger partial charge in [-0.3, -0.25) is 9.69 Å². The highest BCUT2D eigenvalue weighted by atomic mass is 16.5. The monoisotopic (exact) mass is 396 g/mol. The Morgan fingerprint density at radius 2 is 1.79 bits per heavy atom. The Morgan fingerprint density at radius 1 is 1.07 bits per heavy atom. The number of hydrogen-bond acceptors (Lipinski definition) is 4. The fourth-order valence-corrected chi connectivity index (χ4v) is 3.45. The largest absolute Gasteiger partial charge is 0.481 e. The number of ether oxygens (including phenoxy) is 2. The molecule has 1 atom stereocenters. The predicted molar refractivity (Wildman–Crippen MR) is 115 cm³/mol. The van der Waals surface area contributed by atoms with E-state index in [1.165, 1.54) is 11.1 Å². The van der Waals surface area contributed by atoms with Gasteiger partial charge in [0.1, 0.15) is 5.75 Å². The average molecular weight is 397 g/mol. The van der Waals surface area contributed by atoms with Gasteiger partial charge in [-0.25, -0.2) is 0 Å². The molecule has 0 spiro atoms. The standard InChI is InChI=1S/C24H32N2O3/c1-3-19-8-10-22(11-9-19)29-23(4-2)24(27)25-17-20-6-5-7-21(16-20)18-26-12-14-28-15-13-26/h5-11,16,23H,3-4,12-15,17-18H2,1-2H3,(H,25,27)/t23-/m0/s1. The lowest BCUT2D eigenvalue weighted by Crippen LogP contribution is -2.37. The summed E-state index contributed by atoms with van der Waals surface area (Å²) in [5.74, 6) is 0.655. The molecule has 0 aromatic heterocycles. The number of nitrogens with one attached hydrogen (secondary N) is 1. The van der Waals surface area contributed by atoms with Gasteiger partial charge in [0, 0.05) is 26.2 Å². The molecule has 1 saturated heterocycles. The molecule has 2 aromatic carbocycles. The topological polar surface area (TPSA) is 50.8 Å². The minimum Gasteiger partial charge on any atom is -0.481 e. The molecular weight excluding hydrogens is 364 g/mol. The lowest BCUT2D eigenvalue weighted by atomic mass is 10.1. The molecule has 1 heterocycles. The second kappa shape index (κ2) is 11.0. The summed E-state index contributed by atoms with van der Waals surface area (Å²) in [6, 6.07) is 16.4. The van der Waals surface area contributed by atoms with E-state index in [2.05, 4.69) is 35.3 Å². The van der Waals surface area contributed by atoms with E-state index in [0.717, 1.165) is 50.6 Å². The van der Waals surface area contributed by atoms with Crippen molar-refractivity contribution in [3.8, 4) is 5.75 Å². The second-order valence-electron chi connectivity index (χ2n) is 7.44. The summed E-state index contributed by atoms with van der Waals surface area (Å²) in [6.45, 7) is 9.04. The van der Waals surface area contributed by atoms with Crippen molar-refractivity contribution in [3.05, 3.63) is 65.2 Å². The third-order valence-electron chi connectivity index (χ3n) is 5.24. The van der Waals surface area contributed by atoms with Crippen molar-refractivity contribution in [2.24, 2.45) is 0 Å². The van der Waals surface area contributed by atoms with Gasteiger partial charge in [-0.15, -0.1) is 0 Å². The highest BCUT2D eigenvalue weighted by molar-refractivity contribution is 5.81. The van der Waals surface area contributed by atoms with E-state index in [9.17, 15) is 4.79 Å². The molecule has 0 radical (unpaired) electrons. The maximum absolute atomic E-state index is 12.6. The Bertz CT molecular complexity index is 770. The molecule has 0 bridgehead atoms. The number of aryl methyl sites for hydroxylation is 1. The Kier molecular flexibility index (Phi) is 8.08. The molecule has 3 rings (SSSR count). The first-order chi connectivity index (χ1) is 14.2.